The minimum Gasteiger partial charge on any atom is -0.452 e. The van der Waals surface area contributed by atoms with Gasteiger partial charge in [-0.1, -0.05) is 48.0 Å². The lowest BCUT2D eigenvalue weighted by atomic mass is 10.1. The number of ether oxygens (including phenoxy) is 2. The highest BCUT2D eigenvalue weighted by molar-refractivity contribution is 5.95. The van der Waals surface area contributed by atoms with Crippen molar-refractivity contribution in [3.63, 3.8) is 0 Å². The predicted octanol–water partition coefficient (Wildman–Crippen LogP) is 3.87. The summed E-state index contributed by atoms with van der Waals surface area (Å²) in [7, 11) is 0. The number of benzene rings is 2. The van der Waals surface area contributed by atoms with Gasteiger partial charge in [-0.05, 0) is 31.2 Å². The summed E-state index contributed by atoms with van der Waals surface area (Å²) in [5.41, 5.74) is 3.85. The lowest BCUT2D eigenvalue weighted by Crippen LogP contribution is -2.36. The number of amides is 1. The molecule has 9 nitrogen and oxygen atoms in total. The van der Waals surface area contributed by atoms with Crippen molar-refractivity contribution >= 4 is 23.5 Å². The van der Waals surface area contributed by atoms with Crippen LogP contribution in [0.2, 0.25) is 0 Å². The third-order valence-corrected chi connectivity index (χ3v) is 5.98. The molecule has 0 saturated carbocycles. The standard InChI is InChI=1S/C28H27N5O4/c1-20-7-9-21(10-8-20)24-17-26(33(31-24)23-5-3-2-4-6-23)30-27(34)19-37-28(35)22-11-12-25(29-18-22)32-13-15-36-16-14-32/h2-12,17-18H,13-16,19H2,1H3,(H,30,34). The average Bonchev–Trinajstić information content (AvgIpc) is 3.36. The number of anilines is 2. The first kappa shape index (κ1) is 24.2. The third kappa shape index (κ3) is 5.84. The number of esters is 1. The Hall–Kier alpha value is -4.50. The van der Waals surface area contributed by atoms with Gasteiger partial charge in [0.2, 0.25) is 0 Å². The van der Waals surface area contributed by atoms with Gasteiger partial charge in [-0.25, -0.2) is 14.5 Å². The van der Waals surface area contributed by atoms with Crippen LogP contribution in [-0.4, -0.2) is 59.6 Å². The van der Waals surface area contributed by atoms with E-state index in [0.717, 1.165) is 35.7 Å². The molecule has 3 heterocycles. The van der Waals surface area contributed by atoms with Gasteiger partial charge in [0.15, 0.2) is 6.61 Å². The van der Waals surface area contributed by atoms with Gasteiger partial charge in [-0.2, -0.15) is 5.10 Å². The summed E-state index contributed by atoms with van der Waals surface area (Å²) in [5.74, 6) is 0.155. The molecule has 0 unspecified atom stereocenters. The maximum absolute atomic E-state index is 12.7. The van der Waals surface area contributed by atoms with Crippen LogP contribution in [0, 0.1) is 6.92 Å². The number of hydrogen-bond donors (Lipinski definition) is 1. The quantitative estimate of drug-likeness (QED) is 0.387. The van der Waals surface area contributed by atoms with E-state index >= 15 is 0 Å². The van der Waals surface area contributed by atoms with E-state index in [-0.39, 0.29) is 5.56 Å². The molecule has 1 aliphatic heterocycles. The van der Waals surface area contributed by atoms with Crippen LogP contribution in [0.4, 0.5) is 11.6 Å². The minimum absolute atomic E-state index is 0.279. The largest absolute Gasteiger partial charge is 0.452 e. The highest BCUT2D eigenvalue weighted by atomic mass is 16.5. The zero-order valence-corrected chi connectivity index (χ0v) is 20.5. The fourth-order valence-electron chi connectivity index (χ4n) is 3.98. The smallest absolute Gasteiger partial charge is 0.340 e. The number of pyridine rings is 1. The topological polar surface area (TPSA) is 98.6 Å². The molecule has 0 bridgehead atoms. The monoisotopic (exact) mass is 497 g/mol. The molecule has 1 saturated heterocycles. The van der Waals surface area contributed by atoms with Crippen LogP contribution >= 0.6 is 0 Å². The normalized spacial score (nSPS) is 13.3. The zero-order chi connectivity index (χ0) is 25.6. The molecule has 0 aliphatic carbocycles. The van der Waals surface area contributed by atoms with Crippen LogP contribution in [0.5, 0.6) is 0 Å². The number of rotatable bonds is 7. The molecule has 1 N–H and O–H groups in total. The van der Waals surface area contributed by atoms with Crippen molar-refractivity contribution in [2.45, 2.75) is 6.92 Å². The van der Waals surface area contributed by atoms with Crippen molar-refractivity contribution in [3.05, 3.63) is 90.1 Å². The highest BCUT2D eigenvalue weighted by Gasteiger charge is 2.17. The van der Waals surface area contributed by atoms with Crippen molar-refractivity contribution in [2.24, 2.45) is 0 Å². The number of hydrogen-bond acceptors (Lipinski definition) is 7. The van der Waals surface area contributed by atoms with Gasteiger partial charge in [0.25, 0.3) is 5.91 Å². The number of carbonyl (C=O) groups is 2. The fraction of sp³-hybridized carbons (Fsp3) is 0.214. The van der Waals surface area contributed by atoms with Crippen molar-refractivity contribution < 1.29 is 19.1 Å². The SMILES string of the molecule is Cc1ccc(-c2cc(NC(=O)COC(=O)c3ccc(N4CCOCC4)nc3)n(-c3ccccc3)n2)cc1. The Morgan fingerprint density at radius 2 is 1.76 bits per heavy atom. The summed E-state index contributed by atoms with van der Waals surface area (Å²) in [6.07, 6.45) is 1.46. The van der Waals surface area contributed by atoms with E-state index in [1.807, 2.05) is 61.5 Å². The van der Waals surface area contributed by atoms with Gasteiger partial charge >= 0.3 is 5.97 Å². The van der Waals surface area contributed by atoms with Gasteiger partial charge in [-0.15, -0.1) is 0 Å². The molecule has 2 aromatic carbocycles. The Balaban J connectivity index is 1.25. The summed E-state index contributed by atoms with van der Waals surface area (Å²) in [6.45, 7) is 4.38. The first-order chi connectivity index (χ1) is 18.1. The third-order valence-electron chi connectivity index (χ3n) is 5.98. The van der Waals surface area contributed by atoms with Crippen LogP contribution in [0.1, 0.15) is 15.9 Å². The van der Waals surface area contributed by atoms with E-state index in [4.69, 9.17) is 14.6 Å². The van der Waals surface area contributed by atoms with Gasteiger partial charge in [0.05, 0.1) is 30.2 Å². The van der Waals surface area contributed by atoms with Crippen molar-refractivity contribution in [2.75, 3.05) is 43.1 Å². The minimum atomic E-state index is -0.618. The summed E-state index contributed by atoms with van der Waals surface area (Å²) >= 11 is 0. The van der Waals surface area contributed by atoms with Gasteiger partial charge in [0, 0.05) is 30.9 Å². The molecular weight excluding hydrogens is 470 g/mol. The zero-order valence-electron chi connectivity index (χ0n) is 20.5. The van der Waals surface area contributed by atoms with E-state index in [9.17, 15) is 9.59 Å². The lowest BCUT2D eigenvalue weighted by molar-refractivity contribution is -0.119. The van der Waals surface area contributed by atoms with Gasteiger partial charge in [-0.3, -0.25) is 4.79 Å². The highest BCUT2D eigenvalue weighted by Crippen LogP contribution is 2.25. The summed E-state index contributed by atoms with van der Waals surface area (Å²) in [5, 5.41) is 7.52. The molecule has 2 aromatic heterocycles. The van der Waals surface area contributed by atoms with Crippen LogP contribution < -0.4 is 10.2 Å². The fourth-order valence-corrected chi connectivity index (χ4v) is 3.98. The molecular formula is C28H27N5O4. The molecule has 188 valence electrons. The number of carbonyl (C=O) groups excluding carboxylic acids is 2. The molecule has 37 heavy (non-hydrogen) atoms. The molecule has 1 aliphatic rings. The second-order valence-electron chi connectivity index (χ2n) is 8.66. The van der Waals surface area contributed by atoms with E-state index in [2.05, 4.69) is 15.2 Å². The Labute approximate surface area is 214 Å². The number of nitrogens with zero attached hydrogens (tertiary/aromatic N) is 4. The first-order valence-corrected chi connectivity index (χ1v) is 12.0. The average molecular weight is 498 g/mol. The number of para-hydroxylation sites is 1. The molecule has 9 heteroatoms. The molecule has 4 aromatic rings. The lowest BCUT2D eigenvalue weighted by Gasteiger charge is -2.27. The Kier molecular flexibility index (Phi) is 7.23. The van der Waals surface area contributed by atoms with Crippen LogP contribution in [0.3, 0.4) is 0 Å². The van der Waals surface area contributed by atoms with Crippen molar-refractivity contribution in [1.29, 1.82) is 0 Å². The van der Waals surface area contributed by atoms with Crippen LogP contribution in [0.15, 0.2) is 79.0 Å². The van der Waals surface area contributed by atoms with Gasteiger partial charge in [0.1, 0.15) is 11.6 Å². The number of aryl methyl sites for hydroxylation is 1. The Morgan fingerprint density at radius 3 is 2.46 bits per heavy atom. The van der Waals surface area contributed by atoms with Crippen molar-refractivity contribution in [3.8, 4) is 16.9 Å². The van der Waals surface area contributed by atoms with E-state index in [0.29, 0.717) is 24.7 Å². The Bertz CT molecular complexity index is 1360. The molecule has 0 atom stereocenters. The summed E-state index contributed by atoms with van der Waals surface area (Å²) in [6, 6.07) is 22.7. The molecule has 0 radical (unpaired) electrons. The maximum atomic E-state index is 12.7. The number of morpholine rings is 1. The second kappa shape index (κ2) is 11.0. The Morgan fingerprint density at radius 1 is 1.00 bits per heavy atom. The van der Waals surface area contributed by atoms with Crippen LogP contribution in [0.25, 0.3) is 16.9 Å². The summed E-state index contributed by atoms with van der Waals surface area (Å²) in [4.78, 5) is 31.7. The van der Waals surface area contributed by atoms with Gasteiger partial charge < -0.3 is 19.7 Å². The molecule has 0 spiro atoms. The first-order valence-electron chi connectivity index (χ1n) is 12.0. The van der Waals surface area contributed by atoms with E-state index in [1.165, 1.54) is 6.20 Å². The van der Waals surface area contributed by atoms with Crippen molar-refractivity contribution in [1.82, 2.24) is 14.8 Å². The molecule has 1 amide bonds. The predicted molar refractivity (Wildman–Crippen MR) is 140 cm³/mol. The maximum Gasteiger partial charge on any atom is 0.340 e. The second-order valence-corrected chi connectivity index (χ2v) is 8.66. The molecule has 5 rings (SSSR count). The summed E-state index contributed by atoms with van der Waals surface area (Å²) < 4.78 is 12.3. The number of nitrogens with one attached hydrogen (secondary N) is 1. The van der Waals surface area contributed by atoms with E-state index in [1.54, 1.807) is 22.9 Å². The molecule has 1 fully saturated rings. The van der Waals surface area contributed by atoms with E-state index < -0.39 is 18.5 Å². The number of aromatic nitrogens is 3. The van der Waals surface area contributed by atoms with Crippen LogP contribution in [-0.2, 0) is 14.3 Å².